The molecule has 35 heavy (non-hydrogen) atoms. The van der Waals surface area contributed by atoms with Crippen LogP contribution >= 0.6 is 0 Å². The van der Waals surface area contributed by atoms with Crippen molar-refractivity contribution in [3.63, 3.8) is 0 Å². The highest BCUT2D eigenvalue weighted by atomic mass is 16.5. The van der Waals surface area contributed by atoms with E-state index in [1.807, 2.05) is 54.6 Å². The summed E-state index contributed by atoms with van der Waals surface area (Å²) in [5, 5.41) is 12.0. The SMILES string of the molecule is C=C(C)C(=O)OCCCCCCCCOc1ccc(/C(C#N)=C/c2cccc3ccccc23)cc1. The van der Waals surface area contributed by atoms with E-state index in [1.165, 1.54) is 0 Å². The van der Waals surface area contributed by atoms with Crippen LogP contribution in [-0.2, 0) is 9.53 Å². The number of rotatable bonds is 13. The van der Waals surface area contributed by atoms with Gasteiger partial charge in [0, 0.05) is 5.57 Å². The first-order valence-corrected chi connectivity index (χ1v) is 12.2. The van der Waals surface area contributed by atoms with Crippen LogP contribution in [0.15, 0.2) is 78.9 Å². The lowest BCUT2D eigenvalue weighted by Gasteiger charge is -2.08. The molecule has 4 nitrogen and oxygen atoms in total. The monoisotopic (exact) mass is 467 g/mol. The molecule has 3 aromatic carbocycles. The Morgan fingerprint density at radius 3 is 2.26 bits per heavy atom. The van der Waals surface area contributed by atoms with Gasteiger partial charge in [-0.1, -0.05) is 74.7 Å². The molecule has 0 saturated carbocycles. The van der Waals surface area contributed by atoms with Crippen molar-refractivity contribution in [3.05, 3.63) is 90.0 Å². The van der Waals surface area contributed by atoms with E-state index in [0.717, 1.165) is 66.2 Å². The number of carbonyl (C=O) groups is 1. The molecule has 0 amide bonds. The van der Waals surface area contributed by atoms with Crippen molar-refractivity contribution in [1.82, 2.24) is 0 Å². The van der Waals surface area contributed by atoms with Gasteiger partial charge in [0.1, 0.15) is 5.75 Å². The van der Waals surface area contributed by atoms with Crippen molar-refractivity contribution in [2.45, 2.75) is 45.4 Å². The number of benzene rings is 3. The van der Waals surface area contributed by atoms with Gasteiger partial charge in [-0.05, 0) is 72.0 Å². The maximum Gasteiger partial charge on any atom is 0.333 e. The summed E-state index contributed by atoms with van der Waals surface area (Å²) >= 11 is 0. The third kappa shape index (κ3) is 8.15. The summed E-state index contributed by atoms with van der Waals surface area (Å²) in [6.45, 7) is 6.37. The van der Waals surface area contributed by atoms with Crippen molar-refractivity contribution in [2.75, 3.05) is 13.2 Å². The molecule has 0 atom stereocenters. The first-order valence-electron chi connectivity index (χ1n) is 12.2. The van der Waals surface area contributed by atoms with E-state index >= 15 is 0 Å². The molecule has 0 aliphatic carbocycles. The van der Waals surface area contributed by atoms with Crippen LogP contribution in [0.4, 0.5) is 0 Å². The third-order valence-corrected chi connectivity index (χ3v) is 5.80. The molecule has 0 heterocycles. The minimum Gasteiger partial charge on any atom is -0.494 e. The Bertz CT molecular complexity index is 1200. The fourth-order valence-electron chi connectivity index (χ4n) is 3.83. The molecule has 0 bridgehead atoms. The van der Waals surface area contributed by atoms with E-state index in [4.69, 9.17) is 9.47 Å². The Labute approximate surface area is 208 Å². The predicted molar refractivity (Wildman–Crippen MR) is 143 cm³/mol. The molecule has 0 aromatic heterocycles. The summed E-state index contributed by atoms with van der Waals surface area (Å²) in [5.41, 5.74) is 2.99. The van der Waals surface area contributed by atoms with Crippen LogP contribution in [0.1, 0.15) is 56.6 Å². The molecular formula is C31H33NO3. The maximum absolute atomic E-state index is 11.3. The van der Waals surface area contributed by atoms with Crippen LogP contribution in [0, 0.1) is 11.3 Å². The summed E-state index contributed by atoms with van der Waals surface area (Å²) < 4.78 is 11.0. The zero-order valence-electron chi connectivity index (χ0n) is 20.5. The Balaban J connectivity index is 1.40. The van der Waals surface area contributed by atoms with Crippen LogP contribution in [0.2, 0.25) is 0 Å². The molecule has 180 valence electrons. The molecule has 0 N–H and O–H groups in total. The molecule has 0 fully saturated rings. The van der Waals surface area contributed by atoms with Gasteiger partial charge >= 0.3 is 5.97 Å². The zero-order valence-corrected chi connectivity index (χ0v) is 20.5. The Hall–Kier alpha value is -3.84. The van der Waals surface area contributed by atoms with E-state index in [9.17, 15) is 10.1 Å². The third-order valence-electron chi connectivity index (χ3n) is 5.80. The predicted octanol–water partition coefficient (Wildman–Crippen LogP) is 7.74. The minimum absolute atomic E-state index is 0.306. The fourth-order valence-corrected chi connectivity index (χ4v) is 3.83. The van der Waals surface area contributed by atoms with Gasteiger partial charge in [-0.15, -0.1) is 0 Å². The first kappa shape index (κ1) is 25.8. The average Bonchev–Trinajstić information content (AvgIpc) is 2.88. The summed E-state index contributed by atoms with van der Waals surface area (Å²) in [5.74, 6) is 0.510. The average molecular weight is 468 g/mol. The van der Waals surface area contributed by atoms with Crippen molar-refractivity contribution in [3.8, 4) is 11.8 Å². The van der Waals surface area contributed by atoms with Gasteiger partial charge in [-0.2, -0.15) is 5.26 Å². The van der Waals surface area contributed by atoms with Crippen molar-refractivity contribution < 1.29 is 14.3 Å². The van der Waals surface area contributed by atoms with Crippen LogP contribution in [0.3, 0.4) is 0 Å². The van der Waals surface area contributed by atoms with E-state index in [2.05, 4.69) is 30.8 Å². The second-order valence-electron chi connectivity index (χ2n) is 8.65. The lowest BCUT2D eigenvalue weighted by molar-refractivity contribution is -0.139. The largest absolute Gasteiger partial charge is 0.494 e. The van der Waals surface area contributed by atoms with Crippen LogP contribution in [0.25, 0.3) is 22.4 Å². The standard InChI is InChI=1S/C31H33NO3/c1-24(2)31(33)35-21-10-6-4-3-5-9-20-34-29-18-16-25(17-19-29)28(23-32)22-27-14-11-13-26-12-7-8-15-30(26)27/h7-8,11-19,22H,1,3-6,9-10,20-21H2,2H3/b28-22+. The Kier molecular flexibility index (Phi) is 10.1. The summed E-state index contributed by atoms with van der Waals surface area (Å²) in [6.07, 6.45) is 8.26. The number of carbonyl (C=O) groups excluding carboxylic acids is 1. The van der Waals surface area contributed by atoms with E-state index in [1.54, 1.807) is 6.92 Å². The van der Waals surface area contributed by atoms with Crippen LogP contribution in [0.5, 0.6) is 5.75 Å². The Morgan fingerprint density at radius 2 is 1.54 bits per heavy atom. The van der Waals surface area contributed by atoms with Gasteiger partial charge < -0.3 is 9.47 Å². The number of esters is 1. The highest BCUT2D eigenvalue weighted by Gasteiger charge is 2.05. The summed E-state index contributed by atoms with van der Waals surface area (Å²) in [4.78, 5) is 11.3. The van der Waals surface area contributed by atoms with Gasteiger partial charge in [0.2, 0.25) is 0 Å². The molecule has 0 unspecified atom stereocenters. The zero-order chi connectivity index (χ0) is 24.9. The fraction of sp³-hybridized carbons (Fsp3) is 0.290. The highest BCUT2D eigenvalue weighted by Crippen LogP contribution is 2.25. The number of allylic oxidation sites excluding steroid dienone is 1. The molecule has 0 spiro atoms. The first-order chi connectivity index (χ1) is 17.1. The molecule has 0 radical (unpaired) electrons. The van der Waals surface area contributed by atoms with Crippen molar-refractivity contribution in [1.29, 1.82) is 5.26 Å². The van der Waals surface area contributed by atoms with Gasteiger partial charge in [-0.25, -0.2) is 4.79 Å². The normalized spacial score (nSPS) is 11.1. The smallest absolute Gasteiger partial charge is 0.333 e. The molecule has 3 aromatic rings. The Morgan fingerprint density at radius 1 is 0.886 bits per heavy atom. The topological polar surface area (TPSA) is 59.3 Å². The highest BCUT2D eigenvalue weighted by molar-refractivity contribution is 5.98. The van der Waals surface area contributed by atoms with E-state index in [-0.39, 0.29) is 5.97 Å². The maximum atomic E-state index is 11.3. The van der Waals surface area contributed by atoms with Crippen LogP contribution < -0.4 is 4.74 Å². The molecule has 4 heteroatoms. The number of unbranched alkanes of at least 4 members (excludes halogenated alkanes) is 5. The lowest BCUT2D eigenvalue weighted by atomic mass is 9.99. The van der Waals surface area contributed by atoms with Crippen molar-refractivity contribution >= 4 is 28.4 Å². The summed E-state index contributed by atoms with van der Waals surface area (Å²) in [6, 6.07) is 24.4. The molecule has 0 saturated heterocycles. The second-order valence-corrected chi connectivity index (χ2v) is 8.65. The van der Waals surface area contributed by atoms with Crippen molar-refractivity contribution in [2.24, 2.45) is 0 Å². The second kappa shape index (κ2) is 13.8. The lowest BCUT2D eigenvalue weighted by Crippen LogP contribution is -2.06. The molecule has 0 aliphatic rings. The number of nitrogens with zero attached hydrogens (tertiary/aromatic N) is 1. The van der Waals surface area contributed by atoms with E-state index in [0.29, 0.717) is 24.4 Å². The number of hydrogen-bond acceptors (Lipinski definition) is 4. The quantitative estimate of drug-likeness (QED) is 0.0848. The summed E-state index contributed by atoms with van der Waals surface area (Å²) in [7, 11) is 0. The number of hydrogen-bond donors (Lipinski definition) is 0. The number of ether oxygens (including phenoxy) is 2. The van der Waals surface area contributed by atoms with Gasteiger partial charge in [0.15, 0.2) is 0 Å². The molecule has 0 aliphatic heterocycles. The van der Waals surface area contributed by atoms with Gasteiger partial charge in [0.05, 0.1) is 24.9 Å². The van der Waals surface area contributed by atoms with Crippen LogP contribution in [-0.4, -0.2) is 19.2 Å². The molecular weight excluding hydrogens is 434 g/mol. The number of fused-ring (bicyclic) bond motifs is 1. The minimum atomic E-state index is -0.306. The molecule has 3 rings (SSSR count). The van der Waals surface area contributed by atoms with E-state index < -0.39 is 0 Å². The number of nitriles is 1. The van der Waals surface area contributed by atoms with Gasteiger partial charge in [0.25, 0.3) is 0 Å². The van der Waals surface area contributed by atoms with Gasteiger partial charge in [-0.3, -0.25) is 0 Å².